The van der Waals surface area contributed by atoms with Crippen molar-refractivity contribution in [2.75, 3.05) is 20.1 Å². The maximum Gasteiger partial charge on any atom is 0.0597 e. The Labute approximate surface area is 114 Å². The molecule has 2 heteroatoms. The molecule has 0 aromatic heterocycles. The molecule has 0 radical (unpaired) electrons. The SMILES string of the molecule is C=C1CCN(C(=C)C(C)C)CC1=NC.CC.CC. The predicted octanol–water partition coefficient (Wildman–Crippen LogP) is 4.54. The van der Waals surface area contributed by atoms with Crippen LogP contribution in [0.3, 0.4) is 0 Å². The molecule has 0 atom stereocenters. The first-order valence-corrected chi connectivity index (χ1v) is 7.13. The van der Waals surface area contributed by atoms with Crippen LogP contribution in [0.1, 0.15) is 48.0 Å². The summed E-state index contributed by atoms with van der Waals surface area (Å²) in [5.74, 6) is 0.513. The van der Waals surface area contributed by atoms with Gasteiger partial charge in [0.25, 0.3) is 0 Å². The van der Waals surface area contributed by atoms with Crippen LogP contribution in [0.4, 0.5) is 0 Å². The summed E-state index contributed by atoms with van der Waals surface area (Å²) in [5.41, 5.74) is 3.51. The van der Waals surface area contributed by atoms with Gasteiger partial charge in [-0.15, -0.1) is 0 Å². The zero-order valence-corrected chi connectivity index (χ0v) is 13.5. The Morgan fingerprint density at radius 2 is 1.72 bits per heavy atom. The lowest BCUT2D eigenvalue weighted by Gasteiger charge is -2.34. The van der Waals surface area contributed by atoms with Crippen molar-refractivity contribution < 1.29 is 0 Å². The highest BCUT2D eigenvalue weighted by atomic mass is 15.1. The summed E-state index contributed by atoms with van der Waals surface area (Å²) < 4.78 is 0. The van der Waals surface area contributed by atoms with Crippen LogP contribution in [-0.2, 0) is 0 Å². The number of allylic oxidation sites excluding steroid dienone is 1. The maximum atomic E-state index is 4.25. The minimum Gasteiger partial charge on any atom is -0.369 e. The Kier molecular flexibility index (Phi) is 11.9. The molecule has 0 aromatic rings. The molecule has 1 fully saturated rings. The van der Waals surface area contributed by atoms with E-state index in [1.54, 1.807) is 0 Å². The standard InChI is InChI=1S/C12H20N2.2C2H6/c1-9(2)11(4)14-7-6-10(3)12(8-14)13-5;2*1-2/h9H,3-4,6-8H2,1-2,5H3;2*1-2H3. The Hall–Kier alpha value is -1.05. The number of aliphatic imine (C=N–C) groups is 1. The molecule has 0 aliphatic carbocycles. The first-order valence-electron chi connectivity index (χ1n) is 7.13. The van der Waals surface area contributed by atoms with E-state index < -0.39 is 0 Å². The van der Waals surface area contributed by atoms with E-state index in [1.165, 1.54) is 11.3 Å². The molecule has 0 N–H and O–H groups in total. The molecule has 1 saturated heterocycles. The summed E-state index contributed by atoms with van der Waals surface area (Å²) in [6.45, 7) is 22.4. The molecule has 18 heavy (non-hydrogen) atoms. The highest BCUT2D eigenvalue weighted by molar-refractivity contribution is 6.01. The van der Waals surface area contributed by atoms with Crippen molar-refractivity contribution >= 4 is 5.71 Å². The number of piperidine rings is 1. The van der Waals surface area contributed by atoms with Crippen LogP contribution in [0.2, 0.25) is 0 Å². The van der Waals surface area contributed by atoms with Gasteiger partial charge in [0.1, 0.15) is 0 Å². The molecule has 0 aromatic carbocycles. The van der Waals surface area contributed by atoms with E-state index in [2.05, 4.69) is 36.9 Å². The predicted molar refractivity (Wildman–Crippen MR) is 85.4 cm³/mol. The average molecular weight is 252 g/mol. The summed E-state index contributed by atoms with van der Waals surface area (Å²) in [5, 5.41) is 0. The number of hydrogen-bond donors (Lipinski definition) is 0. The van der Waals surface area contributed by atoms with E-state index in [9.17, 15) is 0 Å². The van der Waals surface area contributed by atoms with Gasteiger partial charge in [-0.25, -0.2) is 0 Å². The topological polar surface area (TPSA) is 15.6 Å². The Morgan fingerprint density at radius 1 is 1.22 bits per heavy atom. The molecular weight excluding hydrogens is 220 g/mol. The van der Waals surface area contributed by atoms with Gasteiger partial charge in [-0.1, -0.05) is 54.7 Å². The van der Waals surface area contributed by atoms with Crippen molar-refractivity contribution in [1.29, 1.82) is 0 Å². The van der Waals surface area contributed by atoms with Crippen molar-refractivity contribution in [3.05, 3.63) is 24.4 Å². The second-order valence-electron chi connectivity index (χ2n) is 4.09. The Morgan fingerprint density at radius 3 is 2.11 bits per heavy atom. The first kappa shape index (κ1) is 19.3. The van der Waals surface area contributed by atoms with Gasteiger partial charge >= 0.3 is 0 Å². The van der Waals surface area contributed by atoms with Gasteiger partial charge in [-0.05, 0) is 17.9 Å². The molecule has 0 bridgehead atoms. The van der Waals surface area contributed by atoms with E-state index in [1.807, 2.05) is 34.7 Å². The van der Waals surface area contributed by atoms with Gasteiger partial charge in [0.15, 0.2) is 0 Å². The van der Waals surface area contributed by atoms with E-state index in [0.29, 0.717) is 5.92 Å². The fraction of sp³-hybridized carbons (Fsp3) is 0.688. The third-order valence-corrected chi connectivity index (χ3v) is 2.77. The lowest BCUT2D eigenvalue weighted by molar-refractivity contribution is 0.347. The smallest absolute Gasteiger partial charge is 0.0597 e. The minimum absolute atomic E-state index is 0.513. The molecule has 0 saturated carbocycles. The first-order chi connectivity index (χ1) is 8.56. The van der Waals surface area contributed by atoms with Gasteiger partial charge < -0.3 is 4.90 Å². The van der Waals surface area contributed by atoms with Crippen LogP contribution in [0, 0.1) is 5.92 Å². The second kappa shape index (κ2) is 11.1. The molecule has 0 spiro atoms. The molecule has 1 aliphatic rings. The number of rotatable bonds is 2. The number of likely N-dealkylation sites (tertiary alicyclic amines) is 1. The molecule has 106 valence electrons. The van der Waals surface area contributed by atoms with E-state index in [4.69, 9.17) is 0 Å². The highest BCUT2D eigenvalue weighted by Gasteiger charge is 2.19. The van der Waals surface area contributed by atoms with Gasteiger partial charge in [0, 0.05) is 19.3 Å². The fourth-order valence-corrected chi connectivity index (χ4v) is 1.62. The average Bonchev–Trinajstić information content (AvgIpc) is 2.43. The van der Waals surface area contributed by atoms with Crippen molar-refractivity contribution in [2.24, 2.45) is 10.9 Å². The molecular formula is C16H32N2. The van der Waals surface area contributed by atoms with Crippen LogP contribution in [-0.4, -0.2) is 30.7 Å². The highest BCUT2D eigenvalue weighted by Crippen LogP contribution is 2.20. The lowest BCUT2D eigenvalue weighted by atomic mass is 10.0. The minimum atomic E-state index is 0.513. The molecule has 1 heterocycles. The summed E-state index contributed by atoms with van der Waals surface area (Å²) in [6, 6.07) is 0. The van der Waals surface area contributed by atoms with Crippen LogP contribution >= 0.6 is 0 Å². The van der Waals surface area contributed by atoms with Crippen LogP contribution < -0.4 is 0 Å². The van der Waals surface area contributed by atoms with E-state index >= 15 is 0 Å². The summed E-state index contributed by atoms with van der Waals surface area (Å²) in [4.78, 5) is 6.56. The van der Waals surface area contributed by atoms with Crippen molar-refractivity contribution in [2.45, 2.75) is 48.0 Å². The van der Waals surface area contributed by atoms with E-state index in [0.717, 1.165) is 25.2 Å². The molecule has 1 rings (SSSR count). The summed E-state index contributed by atoms with van der Waals surface area (Å²) >= 11 is 0. The van der Waals surface area contributed by atoms with Crippen LogP contribution in [0.5, 0.6) is 0 Å². The van der Waals surface area contributed by atoms with Gasteiger partial charge in [0.05, 0.1) is 12.3 Å². The molecule has 1 aliphatic heterocycles. The zero-order valence-electron chi connectivity index (χ0n) is 13.5. The summed E-state index contributed by atoms with van der Waals surface area (Å²) in [7, 11) is 1.84. The van der Waals surface area contributed by atoms with Crippen LogP contribution in [0.25, 0.3) is 0 Å². The largest absolute Gasteiger partial charge is 0.369 e. The van der Waals surface area contributed by atoms with Crippen molar-refractivity contribution in [3.63, 3.8) is 0 Å². The van der Waals surface area contributed by atoms with Crippen molar-refractivity contribution in [3.8, 4) is 0 Å². The Balaban J connectivity index is 0. The third kappa shape index (κ3) is 6.04. The summed E-state index contributed by atoms with van der Waals surface area (Å²) in [6.07, 6.45) is 1.01. The third-order valence-electron chi connectivity index (χ3n) is 2.77. The monoisotopic (exact) mass is 252 g/mol. The van der Waals surface area contributed by atoms with Crippen molar-refractivity contribution in [1.82, 2.24) is 4.90 Å². The molecule has 0 unspecified atom stereocenters. The van der Waals surface area contributed by atoms with Gasteiger partial charge in [-0.3, -0.25) is 4.99 Å². The maximum absolute atomic E-state index is 4.25. The second-order valence-corrected chi connectivity index (χ2v) is 4.09. The molecule has 0 amide bonds. The Bertz CT molecular complexity index is 275. The normalized spacial score (nSPS) is 16.8. The van der Waals surface area contributed by atoms with E-state index in [-0.39, 0.29) is 0 Å². The van der Waals surface area contributed by atoms with Crippen LogP contribution in [0.15, 0.2) is 29.4 Å². The molecule has 2 nitrogen and oxygen atoms in total. The lowest BCUT2D eigenvalue weighted by Crippen LogP contribution is -2.37. The number of nitrogens with zero attached hydrogens (tertiary/aromatic N) is 2. The van der Waals surface area contributed by atoms with Gasteiger partial charge in [-0.2, -0.15) is 0 Å². The quantitative estimate of drug-likeness (QED) is 0.704. The number of hydrogen-bond acceptors (Lipinski definition) is 2. The zero-order chi connectivity index (χ0) is 14.7. The fourth-order valence-electron chi connectivity index (χ4n) is 1.62. The van der Waals surface area contributed by atoms with Gasteiger partial charge in [0.2, 0.25) is 0 Å².